The van der Waals surface area contributed by atoms with Crippen LogP contribution < -0.4 is 5.56 Å². The van der Waals surface area contributed by atoms with Crippen LogP contribution in [0.5, 0.6) is 0 Å². The quantitative estimate of drug-likeness (QED) is 0.542. The van der Waals surface area contributed by atoms with Gasteiger partial charge in [-0.1, -0.05) is 0 Å². The molecule has 2 amide bonds. The average Bonchev–Trinajstić information content (AvgIpc) is 3.38. The Hall–Kier alpha value is -3.12. The predicted octanol–water partition coefficient (Wildman–Crippen LogP) is -0.249. The molecule has 2 atom stereocenters. The molecule has 11 nitrogen and oxygen atoms in total. The molecule has 0 spiro atoms. The van der Waals surface area contributed by atoms with E-state index >= 15 is 0 Å². The first-order chi connectivity index (χ1) is 14.7. The third-order valence-electron chi connectivity index (χ3n) is 5.64. The van der Waals surface area contributed by atoms with Gasteiger partial charge >= 0.3 is 0 Å². The Morgan fingerprint density at radius 3 is 2.35 bits per heavy atom. The number of carboxylic acid groups (broad SMARTS) is 1. The number of aromatic nitrogens is 3. The Morgan fingerprint density at radius 2 is 1.90 bits per heavy atom. The van der Waals surface area contributed by atoms with Crippen LogP contribution in [0.15, 0.2) is 17.2 Å². The summed E-state index contributed by atoms with van der Waals surface area (Å²) in [7, 11) is 0. The standard InChI is InChI=1S/C18H21N5O4S.CH2O2/c1-10-15(28-11(2)21-10)17(27)23-6-12-5-22(7-18(12,8-23)9-24)16(26)13-3-20-14(25)4-19-13;2-1-3/h3-4,12,24H,5-9H2,1-2H3,(H,20,25);1H,(H,2,3)/t12-,18+;/m0./s1. The van der Waals surface area contributed by atoms with Gasteiger partial charge in [0.15, 0.2) is 0 Å². The molecule has 2 aromatic heterocycles. The van der Waals surface area contributed by atoms with Crippen LogP contribution in [0.4, 0.5) is 0 Å². The maximum atomic E-state index is 12.9. The highest BCUT2D eigenvalue weighted by atomic mass is 32.1. The second-order valence-corrected chi connectivity index (χ2v) is 8.84. The SMILES string of the molecule is Cc1nc(C)c(C(=O)N2C[C@@H]3CN(C(=O)c4c[nH]c(=O)cn4)C[C@]3(CO)C2)s1.O=CO. The number of aromatic amines is 1. The Balaban J connectivity index is 0.000000858. The van der Waals surface area contributed by atoms with Crippen molar-refractivity contribution in [3.05, 3.63) is 44.0 Å². The second kappa shape index (κ2) is 8.94. The smallest absolute Gasteiger partial charge is 0.290 e. The molecule has 166 valence electrons. The summed E-state index contributed by atoms with van der Waals surface area (Å²) >= 11 is 1.38. The van der Waals surface area contributed by atoms with E-state index in [2.05, 4.69) is 15.0 Å². The van der Waals surface area contributed by atoms with Crippen LogP contribution >= 0.6 is 11.3 Å². The van der Waals surface area contributed by atoms with Crippen LogP contribution in [0.1, 0.15) is 30.9 Å². The van der Waals surface area contributed by atoms with Crippen molar-refractivity contribution < 1.29 is 24.6 Å². The van der Waals surface area contributed by atoms with Crippen LogP contribution in [0.3, 0.4) is 0 Å². The lowest BCUT2D eigenvalue weighted by Gasteiger charge is -2.27. The Morgan fingerprint density at radius 1 is 1.29 bits per heavy atom. The minimum absolute atomic E-state index is 0.0116. The first-order valence-corrected chi connectivity index (χ1v) is 10.3. The van der Waals surface area contributed by atoms with Crippen LogP contribution in [-0.4, -0.2) is 86.0 Å². The number of carbonyl (C=O) groups is 3. The van der Waals surface area contributed by atoms with Crippen molar-refractivity contribution in [3.63, 3.8) is 0 Å². The van der Waals surface area contributed by atoms with Crippen LogP contribution in [0, 0.1) is 25.2 Å². The van der Waals surface area contributed by atoms with Gasteiger partial charge in [-0.2, -0.15) is 0 Å². The number of likely N-dealkylation sites (tertiary alicyclic amines) is 2. The number of hydrogen-bond donors (Lipinski definition) is 3. The summed E-state index contributed by atoms with van der Waals surface area (Å²) in [5, 5.41) is 17.9. The number of H-pyrrole nitrogens is 1. The highest BCUT2D eigenvalue weighted by molar-refractivity contribution is 7.13. The predicted molar refractivity (Wildman–Crippen MR) is 110 cm³/mol. The largest absolute Gasteiger partial charge is 0.483 e. The van der Waals surface area contributed by atoms with E-state index < -0.39 is 5.41 Å². The van der Waals surface area contributed by atoms with E-state index in [0.717, 1.165) is 16.9 Å². The first kappa shape index (κ1) is 22.6. The Bertz CT molecular complexity index is 1030. The molecule has 4 rings (SSSR count). The molecule has 2 aromatic rings. The van der Waals surface area contributed by atoms with Crippen molar-refractivity contribution in [2.45, 2.75) is 13.8 Å². The van der Waals surface area contributed by atoms with E-state index in [4.69, 9.17) is 9.90 Å². The van der Waals surface area contributed by atoms with Crippen molar-refractivity contribution in [1.82, 2.24) is 24.8 Å². The molecule has 0 aromatic carbocycles. The van der Waals surface area contributed by atoms with Crippen molar-refractivity contribution in [2.24, 2.45) is 11.3 Å². The van der Waals surface area contributed by atoms with Gasteiger partial charge in [-0.15, -0.1) is 11.3 Å². The molecule has 31 heavy (non-hydrogen) atoms. The monoisotopic (exact) mass is 449 g/mol. The normalized spacial score (nSPS) is 22.0. The average molecular weight is 449 g/mol. The van der Waals surface area contributed by atoms with E-state index in [0.29, 0.717) is 31.1 Å². The van der Waals surface area contributed by atoms with Crippen molar-refractivity contribution in [1.29, 1.82) is 0 Å². The Kier molecular flexibility index (Phi) is 6.51. The highest BCUT2D eigenvalue weighted by Gasteiger charge is 2.54. The van der Waals surface area contributed by atoms with Crippen LogP contribution in [0.25, 0.3) is 0 Å². The summed E-state index contributed by atoms with van der Waals surface area (Å²) in [5.74, 6) is -0.363. The lowest BCUT2D eigenvalue weighted by molar-refractivity contribution is -0.122. The number of thiazole rings is 1. The van der Waals surface area contributed by atoms with E-state index in [1.807, 2.05) is 13.8 Å². The molecule has 12 heteroatoms. The lowest BCUT2D eigenvalue weighted by Crippen LogP contribution is -2.40. The summed E-state index contributed by atoms with van der Waals surface area (Å²) in [6.45, 7) is 5.00. The fourth-order valence-corrected chi connectivity index (χ4v) is 5.10. The zero-order valence-electron chi connectivity index (χ0n) is 17.1. The maximum absolute atomic E-state index is 12.9. The zero-order valence-corrected chi connectivity index (χ0v) is 17.9. The van der Waals surface area contributed by atoms with Gasteiger partial charge < -0.3 is 25.0 Å². The number of aliphatic hydroxyl groups excluding tert-OH is 1. The lowest BCUT2D eigenvalue weighted by atomic mass is 9.82. The van der Waals surface area contributed by atoms with E-state index in [9.17, 15) is 19.5 Å². The van der Waals surface area contributed by atoms with Crippen molar-refractivity contribution >= 4 is 29.6 Å². The fraction of sp³-hybridized carbons (Fsp3) is 0.474. The highest BCUT2D eigenvalue weighted by Crippen LogP contribution is 2.43. The number of nitrogens with zero attached hydrogens (tertiary/aromatic N) is 4. The van der Waals surface area contributed by atoms with Gasteiger partial charge in [0.25, 0.3) is 23.8 Å². The third kappa shape index (κ3) is 4.35. The van der Waals surface area contributed by atoms with Crippen molar-refractivity contribution in [3.8, 4) is 0 Å². The summed E-state index contributed by atoms with van der Waals surface area (Å²) in [5.41, 5.74) is -0.0226. The molecular weight excluding hydrogens is 426 g/mol. The number of fused-ring (bicyclic) bond motifs is 1. The number of hydrogen-bond acceptors (Lipinski definition) is 8. The van der Waals surface area contributed by atoms with E-state index in [1.165, 1.54) is 17.5 Å². The molecule has 4 heterocycles. The van der Waals surface area contributed by atoms with Crippen LogP contribution in [0.2, 0.25) is 0 Å². The van der Waals surface area contributed by atoms with Gasteiger partial charge in [0.1, 0.15) is 10.6 Å². The maximum Gasteiger partial charge on any atom is 0.290 e. The summed E-state index contributed by atoms with van der Waals surface area (Å²) in [6, 6.07) is 0. The van der Waals surface area contributed by atoms with Gasteiger partial charge in [-0.25, -0.2) is 9.97 Å². The summed E-state index contributed by atoms with van der Waals surface area (Å²) < 4.78 is 0. The molecule has 2 fully saturated rings. The number of rotatable bonds is 3. The fourth-order valence-electron chi connectivity index (χ4n) is 4.21. The molecule has 2 aliphatic heterocycles. The topological polar surface area (TPSA) is 157 Å². The zero-order chi connectivity index (χ0) is 22.8. The molecule has 2 saturated heterocycles. The van der Waals surface area contributed by atoms with Gasteiger partial charge in [0, 0.05) is 43.7 Å². The number of aliphatic hydroxyl groups is 1. The molecule has 0 aliphatic carbocycles. The van der Waals surface area contributed by atoms with Gasteiger partial charge in [-0.3, -0.25) is 19.2 Å². The van der Waals surface area contributed by atoms with E-state index in [1.54, 1.807) is 9.80 Å². The van der Waals surface area contributed by atoms with Gasteiger partial charge in [0.2, 0.25) is 0 Å². The number of carbonyl (C=O) groups excluding carboxylic acids is 2. The molecule has 0 unspecified atom stereocenters. The van der Waals surface area contributed by atoms with Crippen molar-refractivity contribution in [2.75, 3.05) is 32.8 Å². The minimum atomic E-state index is -0.541. The molecule has 0 radical (unpaired) electrons. The molecule has 0 bridgehead atoms. The summed E-state index contributed by atoms with van der Waals surface area (Å²) in [4.78, 5) is 59.9. The third-order valence-corrected chi connectivity index (χ3v) is 6.70. The molecular formula is C19H23N5O6S. The summed E-state index contributed by atoms with van der Waals surface area (Å²) in [6.07, 6.45) is 2.38. The molecule has 0 saturated carbocycles. The minimum Gasteiger partial charge on any atom is -0.483 e. The van der Waals surface area contributed by atoms with Gasteiger partial charge in [-0.05, 0) is 13.8 Å². The first-order valence-electron chi connectivity index (χ1n) is 9.50. The second-order valence-electron chi connectivity index (χ2n) is 7.64. The Labute approximate surface area is 181 Å². The molecule has 3 N–H and O–H groups in total. The molecule has 2 aliphatic rings. The van der Waals surface area contributed by atoms with E-state index in [-0.39, 0.29) is 42.1 Å². The van der Waals surface area contributed by atoms with Crippen LogP contribution in [-0.2, 0) is 4.79 Å². The van der Waals surface area contributed by atoms with Gasteiger partial charge in [0.05, 0.1) is 23.5 Å². The number of aryl methyl sites for hydroxylation is 2. The number of amides is 2. The number of nitrogens with one attached hydrogen (secondary N) is 1.